The summed E-state index contributed by atoms with van der Waals surface area (Å²) in [6.07, 6.45) is 5.28. The Morgan fingerprint density at radius 3 is 2.67 bits per heavy atom. The largest absolute Gasteiger partial charge is 0.309 e. The third-order valence-electron chi connectivity index (χ3n) is 4.96. The smallest absolute Gasteiger partial charge is 0.0475 e. The van der Waals surface area contributed by atoms with Crippen LogP contribution in [0, 0.1) is 5.92 Å². The van der Waals surface area contributed by atoms with E-state index in [2.05, 4.69) is 61.3 Å². The van der Waals surface area contributed by atoms with Crippen molar-refractivity contribution in [2.24, 2.45) is 5.92 Å². The number of benzene rings is 1. The Balaban J connectivity index is 2.08. The van der Waals surface area contributed by atoms with Crippen LogP contribution in [0.1, 0.15) is 58.1 Å². The van der Waals surface area contributed by atoms with Crippen LogP contribution in [-0.4, -0.2) is 30.6 Å². The zero-order valence-electron chi connectivity index (χ0n) is 14.0. The second-order valence-electron chi connectivity index (χ2n) is 6.49. The predicted molar refractivity (Wildman–Crippen MR) is 91.5 cm³/mol. The number of hydrogen-bond acceptors (Lipinski definition) is 2. The first-order chi connectivity index (χ1) is 10.3. The molecule has 1 aliphatic rings. The van der Waals surface area contributed by atoms with Crippen molar-refractivity contribution in [3.63, 3.8) is 0 Å². The Morgan fingerprint density at radius 1 is 1.24 bits per heavy atom. The molecule has 1 aromatic rings. The Kier molecular flexibility index (Phi) is 6.72. The molecular formula is C19H32N2. The van der Waals surface area contributed by atoms with E-state index < -0.39 is 0 Å². The van der Waals surface area contributed by atoms with Crippen LogP contribution in [0.25, 0.3) is 0 Å². The maximum absolute atomic E-state index is 3.77. The molecule has 2 heteroatoms. The summed E-state index contributed by atoms with van der Waals surface area (Å²) < 4.78 is 0. The molecule has 3 unspecified atom stereocenters. The topological polar surface area (TPSA) is 15.3 Å². The van der Waals surface area contributed by atoms with E-state index in [-0.39, 0.29) is 0 Å². The fraction of sp³-hybridized carbons (Fsp3) is 0.684. The molecular weight excluding hydrogens is 256 g/mol. The van der Waals surface area contributed by atoms with E-state index in [0.29, 0.717) is 12.1 Å². The first-order valence-corrected chi connectivity index (χ1v) is 8.78. The highest BCUT2D eigenvalue weighted by atomic mass is 15.2. The third-order valence-corrected chi connectivity index (χ3v) is 4.96. The predicted octanol–water partition coefficient (Wildman–Crippen LogP) is 4.24. The summed E-state index contributed by atoms with van der Waals surface area (Å²) in [6.45, 7) is 10.6. The number of rotatable bonds is 7. The number of nitrogens with zero attached hydrogens (tertiary/aromatic N) is 1. The lowest BCUT2D eigenvalue weighted by Gasteiger charge is -2.40. The van der Waals surface area contributed by atoms with Crippen molar-refractivity contribution < 1.29 is 0 Å². The average Bonchev–Trinajstić information content (AvgIpc) is 2.56. The SMILES string of the molecule is CCCNC(c1ccccc1)C(C)N1CCCC(CC)C1. The van der Waals surface area contributed by atoms with Crippen LogP contribution in [0.2, 0.25) is 0 Å². The number of piperidine rings is 1. The molecule has 2 rings (SSSR count). The normalized spacial score (nSPS) is 22.9. The lowest BCUT2D eigenvalue weighted by Crippen LogP contribution is -2.47. The minimum Gasteiger partial charge on any atom is -0.309 e. The number of hydrogen-bond donors (Lipinski definition) is 1. The maximum atomic E-state index is 3.77. The van der Waals surface area contributed by atoms with Gasteiger partial charge < -0.3 is 5.32 Å². The highest BCUT2D eigenvalue weighted by molar-refractivity contribution is 5.20. The van der Waals surface area contributed by atoms with Gasteiger partial charge in [-0.25, -0.2) is 0 Å². The van der Waals surface area contributed by atoms with Gasteiger partial charge in [-0.3, -0.25) is 4.90 Å². The molecule has 0 aliphatic carbocycles. The highest BCUT2D eigenvalue weighted by Crippen LogP contribution is 2.27. The molecule has 0 radical (unpaired) electrons. The van der Waals surface area contributed by atoms with Gasteiger partial charge in [-0.15, -0.1) is 0 Å². The summed E-state index contributed by atoms with van der Waals surface area (Å²) >= 11 is 0. The van der Waals surface area contributed by atoms with E-state index >= 15 is 0 Å². The van der Waals surface area contributed by atoms with Crippen molar-refractivity contribution in [2.75, 3.05) is 19.6 Å². The molecule has 21 heavy (non-hydrogen) atoms. The van der Waals surface area contributed by atoms with Crippen LogP contribution in [-0.2, 0) is 0 Å². The molecule has 1 heterocycles. The molecule has 0 bridgehead atoms. The molecule has 118 valence electrons. The molecule has 2 nitrogen and oxygen atoms in total. The zero-order valence-corrected chi connectivity index (χ0v) is 14.0. The Bertz CT molecular complexity index is 390. The standard InChI is InChI=1S/C19H32N2/c1-4-13-20-19(18-11-7-6-8-12-18)16(3)21-14-9-10-17(5-2)15-21/h6-8,11-12,16-17,19-20H,4-5,9-10,13-15H2,1-3H3. The van der Waals surface area contributed by atoms with Crippen molar-refractivity contribution in [1.29, 1.82) is 0 Å². The van der Waals surface area contributed by atoms with Gasteiger partial charge in [-0.2, -0.15) is 0 Å². The second kappa shape index (κ2) is 8.55. The number of nitrogens with one attached hydrogen (secondary N) is 1. The van der Waals surface area contributed by atoms with Gasteiger partial charge in [-0.05, 0) is 50.8 Å². The van der Waals surface area contributed by atoms with Crippen LogP contribution in [0.3, 0.4) is 0 Å². The van der Waals surface area contributed by atoms with E-state index in [0.717, 1.165) is 12.5 Å². The fourth-order valence-corrected chi connectivity index (χ4v) is 3.54. The molecule has 0 saturated carbocycles. The summed E-state index contributed by atoms with van der Waals surface area (Å²) in [5, 5.41) is 3.77. The Morgan fingerprint density at radius 2 is 2.00 bits per heavy atom. The maximum Gasteiger partial charge on any atom is 0.0475 e. The highest BCUT2D eigenvalue weighted by Gasteiger charge is 2.28. The monoisotopic (exact) mass is 288 g/mol. The van der Waals surface area contributed by atoms with Crippen molar-refractivity contribution in [3.05, 3.63) is 35.9 Å². The van der Waals surface area contributed by atoms with E-state index in [9.17, 15) is 0 Å². The van der Waals surface area contributed by atoms with Gasteiger partial charge in [0.25, 0.3) is 0 Å². The van der Waals surface area contributed by atoms with Gasteiger partial charge in [0.1, 0.15) is 0 Å². The van der Waals surface area contributed by atoms with Crippen LogP contribution in [0.15, 0.2) is 30.3 Å². The molecule has 1 aromatic carbocycles. The molecule has 3 atom stereocenters. The summed E-state index contributed by atoms with van der Waals surface area (Å²) in [6, 6.07) is 12.0. The molecule has 1 saturated heterocycles. The summed E-state index contributed by atoms with van der Waals surface area (Å²) in [4.78, 5) is 2.71. The molecule has 0 aromatic heterocycles. The van der Waals surface area contributed by atoms with Crippen LogP contribution in [0.4, 0.5) is 0 Å². The van der Waals surface area contributed by atoms with E-state index in [1.165, 1.54) is 44.3 Å². The molecule has 1 fully saturated rings. The quantitative estimate of drug-likeness (QED) is 0.807. The van der Waals surface area contributed by atoms with E-state index in [1.54, 1.807) is 0 Å². The van der Waals surface area contributed by atoms with Gasteiger partial charge in [0.15, 0.2) is 0 Å². The first-order valence-electron chi connectivity index (χ1n) is 8.78. The lowest BCUT2D eigenvalue weighted by atomic mass is 9.91. The molecule has 0 amide bonds. The summed E-state index contributed by atoms with van der Waals surface area (Å²) in [5.41, 5.74) is 1.43. The number of likely N-dealkylation sites (tertiary alicyclic amines) is 1. The van der Waals surface area contributed by atoms with E-state index in [4.69, 9.17) is 0 Å². The lowest BCUT2D eigenvalue weighted by molar-refractivity contribution is 0.106. The third kappa shape index (κ3) is 4.55. The molecule has 0 spiro atoms. The minimum atomic E-state index is 0.446. The van der Waals surface area contributed by atoms with Gasteiger partial charge in [0, 0.05) is 18.6 Å². The Hall–Kier alpha value is -0.860. The zero-order chi connectivity index (χ0) is 15.1. The van der Waals surface area contributed by atoms with E-state index in [1.807, 2.05) is 0 Å². The van der Waals surface area contributed by atoms with Crippen LogP contribution >= 0.6 is 0 Å². The average molecular weight is 288 g/mol. The Labute approximate surface area is 130 Å². The van der Waals surface area contributed by atoms with Gasteiger partial charge in [0.05, 0.1) is 0 Å². The van der Waals surface area contributed by atoms with Crippen LogP contribution < -0.4 is 5.32 Å². The van der Waals surface area contributed by atoms with Crippen molar-refractivity contribution in [2.45, 2.75) is 58.5 Å². The molecule has 1 aliphatic heterocycles. The fourth-order valence-electron chi connectivity index (χ4n) is 3.54. The van der Waals surface area contributed by atoms with Crippen molar-refractivity contribution in [3.8, 4) is 0 Å². The molecule has 1 N–H and O–H groups in total. The van der Waals surface area contributed by atoms with Crippen LogP contribution in [0.5, 0.6) is 0 Å². The van der Waals surface area contributed by atoms with Gasteiger partial charge >= 0.3 is 0 Å². The second-order valence-corrected chi connectivity index (χ2v) is 6.49. The summed E-state index contributed by atoms with van der Waals surface area (Å²) in [5.74, 6) is 0.892. The van der Waals surface area contributed by atoms with Crippen molar-refractivity contribution >= 4 is 0 Å². The summed E-state index contributed by atoms with van der Waals surface area (Å²) in [7, 11) is 0. The minimum absolute atomic E-state index is 0.446. The van der Waals surface area contributed by atoms with Gasteiger partial charge in [-0.1, -0.05) is 50.6 Å². The first kappa shape index (κ1) is 16.5. The van der Waals surface area contributed by atoms with Gasteiger partial charge in [0.2, 0.25) is 0 Å². The van der Waals surface area contributed by atoms with Crippen molar-refractivity contribution in [1.82, 2.24) is 10.2 Å².